The summed E-state index contributed by atoms with van der Waals surface area (Å²) in [5.41, 5.74) is 0. The van der Waals surface area contributed by atoms with E-state index >= 15 is 0 Å². The Morgan fingerprint density at radius 2 is 1.66 bits per heavy atom. The zero-order valence-electron chi connectivity index (χ0n) is 20.6. The highest BCUT2D eigenvalue weighted by Crippen LogP contribution is 2.20. The summed E-state index contributed by atoms with van der Waals surface area (Å²) < 4.78 is 19.0. The Morgan fingerprint density at radius 1 is 0.971 bits per heavy atom. The van der Waals surface area contributed by atoms with Crippen molar-refractivity contribution in [3.63, 3.8) is 0 Å². The van der Waals surface area contributed by atoms with Crippen molar-refractivity contribution in [2.45, 2.75) is 45.5 Å². The molecule has 2 aromatic carbocycles. The van der Waals surface area contributed by atoms with Gasteiger partial charge in [0.25, 0.3) is 0 Å². The second-order valence-electron chi connectivity index (χ2n) is 8.23. The fourth-order valence-corrected chi connectivity index (χ4v) is 3.96. The predicted molar refractivity (Wildman–Crippen MR) is 137 cm³/mol. The first-order valence-corrected chi connectivity index (χ1v) is 12.9. The van der Waals surface area contributed by atoms with Crippen LogP contribution in [0.4, 0.5) is 0 Å². The van der Waals surface area contributed by atoms with Gasteiger partial charge in [-0.25, -0.2) is 0 Å². The Kier molecular flexibility index (Phi) is 10.8. The lowest BCUT2D eigenvalue weighted by Crippen LogP contribution is -2.29. The molecule has 0 aliphatic heterocycles. The molecular formula is C26H34N4O4S. The Morgan fingerprint density at radius 3 is 2.34 bits per heavy atom. The molecule has 0 saturated carbocycles. The summed E-state index contributed by atoms with van der Waals surface area (Å²) in [6.45, 7) is 8.84. The van der Waals surface area contributed by atoms with Crippen LogP contribution in [0.25, 0.3) is 0 Å². The highest BCUT2D eigenvalue weighted by Gasteiger charge is 2.15. The first-order valence-electron chi connectivity index (χ1n) is 11.9. The fourth-order valence-electron chi connectivity index (χ4n) is 3.15. The van der Waals surface area contributed by atoms with Crippen LogP contribution >= 0.6 is 11.8 Å². The predicted octanol–water partition coefficient (Wildman–Crippen LogP) is 4.59. The lowest BCUT2D eigenvalue weighted by molar-refractivity contribution is -0.118. The van der Waals surface area contributed by atoms with Crippen LogP contribution in [0.1, 0.15) is 33.0 Å². The third-order valence-corrected chi connectivity index (χ3v) is 5.96. The number of benzene rings is 2. The van der Waals surface area contributed by atoms with E-state index < -0.39 is 0 Å². The van der Waals surface area contributed by atoms with Gasteiger partial charge in [0.1, 0.15) is 30.5 Å². The second-order valence-corrected chi connectivity index (χ2v) is 9.17. The molecule has 1 aromatic heterocycles. The van der Waals surface area contributed by atoms with Gasteiger partial charge in [0.15, 0.2) is 11.0 Å². The summed E-state index contributed by atoms with van der Waals surface area (Å²) in [6, 6.07) is 17.1. The van der Waals surface area contributed by atoms with Crippen molar-refractivity contribution in [3.05, 3.63) is 60.4 Å². The van der Waals surface area contributed by atoms with Gasteiger partial charge < -0.3 is 24.1 Å². The summed E-state index contributed by atoms with van der Waals surface area (Å²) in [5, 5.41) is 12.2. The number of nitrogens with zero attached hydrogens (tertiary/aromatic N) is 3. The van der Waals surface area contributed by atoms with Crippen molar-refractivity contribution in [3.8, 4) is 17.2 Å². The highest BCUT2D eigenvalue weighted by molar-refractivity contribution is 7.99. The van der Waals surface area contributed by atoms with E-state index in [1.165, 1.54) is 11.8 Å². The number of carbonyl (C=O) groups excluding carboxylic acids is 1. The molecule has 8 nitrogen and oxygen atoms in total. The van der Waals surface area contributed by atoms with Crippen molar-refractivity contribution in [1.82, 2.24) is 20.1 Å². The smallest absolute Gasteiger partial charge is 0.230 e. The molecule has 35 heavy (non-hydrogen) atoms. The molecule has 1 N–H and O–H groups in total. The third kappa shape index (κ3) is 9.16. The van der Waals surface area contributed by atoms with Crippen LogP contribution in [0.5, 0.6) is 17.2 Å². The molecule has 188 valence electrons. The number of carbonyl (C=O) groups is 1. The molecule has 1 heterocycles. The average Bonchev–Trinajstić information content (AvgIpc) is 3.26. The van der Waals surface area contributed by atoms with Gasteiger partial charge in [-0.05, 0) is 55.7 Å². The zero-order valence-corrected chi connectivity index (χ0v) is 21.4. The SMILES string of the molecule is CCOc1ccc(OCCNC(=O)CSc2nnc(COc3ccccc3)n2CCC(C)C)cc1. The number of ether oxygens (including phenoxy) is 3. The first kappa shape index (κ1) is 26.4. The number of rotatable bonds is 15. The summed E-state index contributed by atoms with van der Waals surface area (Å²) in [4.78, 5) is 12.4. The molecule has 0 radical (unpaired) electrons. The van der Waals surface area contributed by atoms with Crippen molar-refractivity contribution >= 4 is 17.7 Å². The summed E-state index contributed by atoms with van der Waals surface area (Å²) in [5.74, 6) is 3.79. The van der Waals surface area contributed by atoms with Crippen molar-refractivity contribution in [2.24, 2.45) is 5.92 Å². The Labute approximate surface area is 211 Å². The Hall–Kier alpha value is -3.20. The maximum atomic E-state index is 12.4. The minimum Gasteiger partial charge on any atom is -0.494 e. The van der Waals surface area contributed by atoms with Crippen LogP contribution in [-0.4, -0.2) is 46.2 Å². The summed E-state index contributed by atoms with van der Waals surface area (Å²) in [7, 11) is 0. The molecular weight excluding hydrogens is 464 g/mol. The third-order valence-electron chi connectivity index (χ3n) is 4.99. The Bertz CT molecular complexity index is 1030. The molecule has 0 aliphatic rings. The normalized spacial score (nSPS) is 10.9. The monoisotopic (exact) mass is 498 g/mol. The van der Waals surface area contributed by atoms with Crippen LogP contribution in [0.2, 0.25) is 0 Å². The number of amides is 1. The minimum atomic E-state index is -0.0780. The molecule has 3 aromatic rings. The number of thioether (sulfide) groups is 1. The van der Waals surface area contributed by atoms with Gasteiger partial charge in [-0.2, -0.15) is 0 Å². The van der Waals surface area contributed by atoms with E-state index in [2.05, 4.69) is 33.9 Å². The van der Waals surface area contributed by atoms with Gasteiger partial charge in [0, 0.05) is 6.54 Å². The fraction of sp³-hybridized carbons (Fsp3) is 0.423. The molecule has 9 heteroatoms. The van der Waals surface area contributed by atoms with Crippen LogP contribution in [0, 0.1) is 5.92 Å². The Balaban J connectivity index is 1.45. The number of aromatic nitrogens is 3. The summed E-state index contributed by atoms with van der Waals surface area (Å²) in [6.07, 6.45) is 0.985. The van der Waals surface area contributed by atoms with Gasteiger partial charge in [-0.15, -0.1) is 10.2 Å². The number of hydrogen-bond donors (Lipinski definition) is 1. The molecule has 0 aliphatic carbocycles. The number of para-hydroxylation sites is 1. The molecule has 0 fully saturated rings. The van der Waals surface area contributed by atoms with E-state index in [1.807, 2.05) is 61.5 Å². The quantitative estimate of drug-likeness (QED) is 0.242. The van der Waals surface area contributed by atoms with Crippen molar-refractivity contribution in [1.29, 1.82) is 0 Å². The average molecular weight is 499 g/mol. The van der Waals surface area contributed by atoms with Gasteiger partial charge in [0.05, 0.1) is 18.9 Å². The van der Waals surface area contributed by atoms with Crippen LogP contribution < -0.4 is 19.5 Å². The maximum Gasteiger partial charge on any atom is 0.230 e. The number of nitrogens with one attached hydrogen (secondary N) is 1. The summed E-state index contributed by atoms with van der Waals surface area (Å²) >= 11 is 1.38. The van der Waals surface area contributed by atoms with Gasteiger partial charge in [0.2, 0.25) is 5.91 Å². The first-order chi connectivity index (χ1) is 17.0. The van der Waals surface area contributed by atoms with E-state index in [4.69, 9.17) is 14.2 Å². The van der Waals surface area contributed by atoms with E-state index in [0.29, 0.717) is 32.3 Å². The van der Waals surface area contributed by atoms with Crippen LogP contribution in [0.15, 0.2) is 59.8 Å². The molecule has 1 amide bonds. The van der Waals surface area contributed by atoms with E-state index in [0.717, 1.165) is 41.2 Å². The van der Waals surface area contributed by atoms with Gasteiger partial charge in [-0.1, -0.05) is 43.8 Å². The molecule has 3 rings (SSSR count). The lowest BCUT2D eigenvalue weighted by Gasteiger charge is -2.12. The topological polar surface area (TPSA) is 87.5 Å². The highest BCUT2D eigenvalue weighted by atomic mass is 32.2. The molecule has 0 unspecified atom stereocenters. The standard InChI is InChI=1S/C26H34N4O4S/c1-4-32-22-10-12-23(13-11-22)33-17-15-27-25(31)19-35-26-29-28-24(30(26)16-14-20(2)3)18-34-21-8-6-5-7-9-21/h5-13,20H,4,14-19H2,1-3H3,(H,27,31). The number of hydrogen-bond acceptors (Lipinski definition) is 7. The maximum absolute atomic E-state index is 12.4. The molecule has 0 bridgehead atoms. The molecule has 0 atom stereocenters. The van der Waals surface area contributed by atoms with Gasteiger partial charge >= 0.3 is 0 Å². The van der Waals surface area contributed by atoms with Crippen molar-refractivity contribution in [2.75, 3.05) is 25.5 Å². The molecule has 0 spiro atoms. The van der Waals surface area contributed by atoms with E-state index in [1.54, 1.807) is 0 Å². The largest absolute Gasteiger partial charge is 0.494 e. The minimum absolute atomic E-state index is 0.0780. The van der Waals surface area contributed by atoms with Crippen LogP contribution in [-0.2, 0) is 17.9 Å². The van der Waals surface area contributed by atoms with Crippen molar-refractivity contribution < 1.29 is 19.0 Å². The van der Waals surface area contributed by atoms with E-state index in [-0.39, 0.29) is 11.7 Å². The second kappa shape index (κ2) is 14.3. The van der Waals surface area contributed by atoms with Gasteiger partial charge in [-0.3, -0.25) is 4.79 Å². The molecule has 0 saturated heterocycles. The van der Waals surface area contributed by atoms with Crippen LogP contribution in [0.3, 0.4) is 0 Å². The lowest BCUT2D eigenvalue weighted by atomic mass is 10.1. The van der Waals surface area contributed by atoms with E-state index in [9.17, 15) is 4.79 Å². The zero-order chi connectivity index (χ0) is 24.9.